The molecule has 27 heavy (non-hydrogen) atoms. The van der Waals surface area contributed by atoms with E-state index in [1.807, 2.05) is 73.1 Å². The largest absolute Gasteiger partial charge is 0.379 e. The number of benzene rings is 2. The number of amides is 1. The Kier molecular flexibility index (Phi) is 9.55. The third-order valence-corrected chi connectivity index (χ3v) is 5.39. The normalized spacial score (nSPS) is 10.6. The molecular weight excluding hydrogens is 380 g/mol. The van der Waals surface area contributed by atoms with Crippen LogP contribution in [0.3, 0.4) is 0 Å². The molecule has 2 aromatic carbocycles. The van der Waals surface area contributed by atoms with Crippen LogP contribution in [0.5, 0.6) is 0 Å². The summed E-state index contributed by atoms with van der Waals surface area (Å²) in [6.07, 6.45) is 1.98. The third-order valence-electron chi connectivity index (χ3n) is 3.76. The van der Waals surface area contributed by atoms with Crippen LogP contribution in [0.2, 0.25) is 0 Å². The van der Waals surface area contributed by atoms with Crippen molar-refractivity contribution in [3.05, 3.63) is 54.1 Å². The first kappa shape index (κ1) is 21.6. The Morgan fingerprint density at radius 3 is 2.48 bits per heavy atom. The predicted molar refractivity (Wildman–Crippen MR) is 116 cm³/mol. The first-order valence-electron chi connectivity index (χ1n) is 8.72. The highest BCUT2D eigenvalue weighted by Gasteiger charge is 2.13. The Labute approximate surface area is 169 Å². The van der Waals surface area contributed by atoms with E-state index in [1.54, 1.807) is 23.7 Å². The van der Waals surface area contributed by atoms with Crippen molar-refractivity contribution in [1.82, 2.24) is 0 Å². The van der Waals surface area contributed by atoms with Crippen LogP contribution >= 0.6 is 23.7 Å². The van der Waals surface area contributed by atoms with E-state index >= 15 is 0 Å². The molecule has 2 rings (SSSR count). The summed E-state index contributed by atoms with van der Waals surface area (Å²) in [6, 6.07) is 15.3. The van der Waals surface area contributed by atoms with Crippen molar-refractivity contribution in [2.45, 2.75) is 11.8 Å². The van der Waals surface area contributed by atoms with Gasteiger partial charge in [-0.1, -0.05) is 35.8 Å². The third kappa shape index (κ3) is 7.10. The van der Waals surface area contributed by atoms with Gasteiger partial charge in [0.05, 0.1) is 30.4 Å². The van der Waals surface area contributed by atoms with E-state index in [-0.39, 0.29) is 5.91 Å². The Hall–Kier alpha value is -1.67. The summed E-state index contributed by atoms with van der Waals surface area (Å²) in [4.78, 5) is 13.7. The van der Waals surface area contributed by atoms with Gasteiger partial charge in [-0.2, -0.15) is 0 Å². The molecule has 0 spiro atoms. The second kappa shape index (κ2) is 11.9. The topological polar surface area (TPSA) is 50.8 Å². The molecule has 7 heteroatoms. The van der Waals surface area contributed by atoms with Crippen molar-refractivity contribution in [3.8, 4) is 0 Å². The molecule has 0 radical (unpaired) electrons. The van der Waals surface area contributed by atoms with Crippen molar-refractivity contribution < 1.29 is 14.3 Å². The zero-order valence-corrected chi connectivity index (χ0v) is 17.6. The highest BCUT2D eigenvalue weighted by molar-refractivity contribution is 8.00. The first-order chi connectivity index (χ1) is 13.2. The maximum Gasteiger partial charge on any atom is 0.257 e. The van der Waals surface area contributed by atoms with E-state index in [1.165, 1.54) is 0 Å². The Bertz CT molecular complexity index is 711. The molecule has 0 aliphatic heterocycles. The summed E-state index contributed by atoms with van der Waals surface area (Å²) in [5.41, 5.74) is 2.30. The predicted octanol–water partition coefficient (Wildman–Crippen LogP) is 4.76. The minimum absolute atomic E-state index is 0.119. The highest BCUT2D eigenvalue weighted by Crippen LogP contribution is 2.25. The van der Waals surface area contributed by atoms with Gasteiger partial charge in [0.1, 0.15) is 0 Å². The Morgan fingerprint density at radius 2 is 1.78 bits per heavy atom. The SMILES string of the molecule is CCOCCOCSc1ccc(NC(=O)c2ccccc2N(C)SC)cc1. The number of ether oxygens (including phenoxy) is 2. The molecule has 0 atom stereocenters. The molecule has 0 aliphatic carbocycles. The zero-order chi connectivity index (χ0) is 19.5. The van der Waals surface area contributed by atoms with Crippen LogP contribution < -0.4 is 9.62 Å². The lowest BCUT2D eigenvalue weighted by Gasteiger charge is -2.19. The Morgan fingerprint density at radius 1 is 1.07 bits per heavy atom. The van der Waals surface area contributed by atoms with E-state index in [9.17, 15) is 4.79 Å². The van der Waals surface area contributed by atoms with Crippen molar-refractivity contribution >= 4 is 41.0 Å². The van der Waals surface area contributed by atoms with Gasteiger partial charge in [-0.15, -0.1) is 0 Å². The highest BCUT2D eigenvalue weighted by atomic mass is 32.2. The van der Waals surface area contributed by atoms with Crippen molar-refractivity contribution in [2.24, 2.45) is 0 Å². The lowest BCUT2D eigenvalue weighted by Crippen LogP contribution is -2.17. The summed E-state index contributed by atoms with van der Waals surface area (Å²) in [7, 11) is 1.94. The minimum Gasteiger partial charge on any atom is -0.379 e. The van der Waals surface area contributed by atoms with Crippen LogP contribution in [0.1, 0.15) is 17.3 Å². The van der Waals surface area contributed by atoms with Crippen LogP contribution in [-0.4, -0.2) is 45.0 Å². The summed E-state index contributed by atoms with van der Waals surface area (Å²) < 4.78 is 12.7. The van der Waals surface area contributed by atoms with Gasteiger partial charge in [0.25, 0.3) is 5.91 Å². The van der Waals surface area contributed by atoms with Crippen molar-refractivity contribution in [2.75, 3.05) is 48.7 Å². The van der Waals surface area contributed by atoms with Gasteiger partial charge in [0, 0.05) is 30.5 Å². The molecule has 0 aliphatic rings. The van der Waals surface area contributed by atoms with E-state index < -0.39 is 0 Å². The number of nitrogens with zero attached hydrogens (tertiary/aromatic N) is 1. The molecule has 0 unspecified atom stereocenters. The van der Waals surface area contributed by atoms with Crippen LogP contribution in [0.15, 0.2) is 53.4 Å². The van der Waals surface area contributed by atoms with Gasteiger partial charge in [0.2, 0.25) is 0 Å². The molecule has 5 nitrogen and oxygen atoms in total. The number of carbonyl (C=O) groups is 1. The molecule has 1 amide bonds. The number of carbonyl (C=O) groups excluding carboxylic acids is 1. The van der Waals surface area contributed by atoms with Crippen LogP contribution in [0.25, 0.3) is 0 Å². The molecule has 0 saturated heterocycles. The first-order valence-corrected chi connectivity index (χ1v) is 10.9. The number of hydrogen-bond acceptors (Lipinski definition) is 6. The second-order valence-electron chi connectivity index (χ2n) is 5.54. The fourth-order valence-electron chi connectivity index (χ4n) is 2.30. The van der Waals surface area contributed by atoms with Crippen LogP contribution in [-0.2, 0) is 9.47 Å². The van der Waals surface area contributed by atoms with Crippen LogP contribution in [0, 0.1) is 0 Å². The monoisotopic (exact) mass is 406 g/mol. The molecule has 2 aromatic rings. The average molecular weight is 407 g/mol. The number of thioether (sulfide) groups is 1. The fraction of sp³-hybridized carbons (Fsp3) is 0.350. The fourth-order valence-corrected chi connectivity index (χ4v) is 3.32. The zero-order valence-electron chi connectivity index (χ0n) is 15.9. The second-order valence-corrected chi connectivity index (χ2v) is 7.45. The lowest BCUT2D eigenvalue weighted by molar-refractivity contribution is 0.0721. The van der Waals surface area contributed by atoms with Crippen molar-refractivity contribution in [1.29, 1.82) is 0 Å². The number of nitrogens with one attached hydrogen (secondary N) is 1. The molecule has 0 aromatic heterocycles. The molecule has 1 N–H and O–H groups in total. The summed E-state index contributed by atoms with van der Waals surface area (Å²) in [5.74, 6) is 0.457. The van der Waals surface area contributed by atoms with Gasteiger partial charge in [0.15, 0.2) is 0 Å². The number of hydrogen-bond donors (Lipinski definition) is 1. The number of rotatable bonds is 11. The smallest absolute Gasteiger partial charge is 0.257 e. The van der Waals surface area contributed by atoms with E-state index in [4.69, 9.17) is 9.47 Å². The molecule has 0 bridgehead atoms. The molecule has 0 heterocycles. The molecule has 146 valence electrons. The van der Waals surface area contributed by atoms with E-state index in [2.05, 4.69) is 5.32 Å². The summed E-state index contributed by atoms with van der Waals surface area (Å²) >= 11 is 3.17. The van der Waals surface area contributed by atoms with Gasteiger partial charge >= 0.3 is 0 Å². The number of anilines is 2. The van der Waals surface area contributed by atoms with Gasteiger partial charge in [-0.3, -0.25) is 4.79 Å². The lowest BCUT2D eigenvalue weighted by atomic mass is 10.1. The van der Waals surface area contributed by atoms with Crippen LogP contribution in [0.4, 0.5) is 11.4 Å². The van der Waals surface area contributed by atoms with Gasteiger partial charge in [-0.25, -0.2) is 0 Å². The summed E-state index contributed by atoms with van der Waals surface area (Å²) in [5, 5.41) is 2.96. The number of para-hydroxylation sites is 1. The van der Waals surface area contributed by atoms with E-state index in [0.717, 1.165) is 16.3 Å². The van der Waals surface area contributed by atoms with Gasteiger partial charge < -0.3 is 19.1 Å². The minimum atomic E-state index is -0.119. The molecular formula is C20H26N2O3S2. The molecule has 0 fully saturated rings. The van der Waals surface area contributed by atoms with E-state index in [0.29, 0.717) is 31.3 Å². The summed E-state index contributed by atoms with van der Waals surface area (Å²) in [6.45, 7) is 3.89. The average Bonchev–Trinajstić information content (AvgIpc) is 2.71. The molecule has 0 saturated carbocycles. The standard InChI is InChI=1S/C20H26N2O3S2/c1-4-24-13-14-25-15-27-17-11-9-16(10-12-17)21-20(23)18-7-5-6-8-19(18)22(2)26-3/h5-12H,4,13-15H2,1-3H3,(H,21,23). The van der Waals surface area contributed by atoms with Gasteiger partial charge in [-0.05, 0) is 43.3 Å². The maximum absolute atomic E-state index is 12.7. The quantitative estimate of drug-likeness (QED) is 0.251. The van der Waals surface area contributed by atoms with Crippen molar-refractivity contribution in [3.63, 3.8) is 0 Å². The Balaban J connectivity index is 1.88. The maximum atomic E-state index is 12.7.